The maximum Gasteiger partial charge on any atom is 0.416 e. The Morgan fingerprint density at radius 1 is 1.40 bits per heavy atom. The Kier molecular flexibility index (Phi) is 4.17. The number of hydrogen-bond acceptors (Lipinski definition) is 3. The molecule has 0 radical (unpaired) electrons. The van der Waals surface area contributed by atoms with Gasteiger partial charge in [0.25, 0.3) is 0 Å². The van der Waals surface area contributed by atoms with E-state index in [4.69, 9.17) is 0 Å². The minimum Gasteiger partial charge on any atom is -0.530 e. The van der Waals surface area contributed by atoms with Crippen molar-refractivity contribution in [1.29, 1.82) is 0 Å². The molecule has 0 unspecified atom stereocenters. The van der Waals surface area contributed by atoms with Crippen LogP contribution in [0.15, 0.2) is 24.3 Å². The zero-order valence-corrected chi connectivity index (χ0v) is 10.6. The smallest absolute Gasteiger partial charge is 0.416 e. The van der Waals surface area contributed by atoms with Gasteiger partial charge >= 0.3 is 6.18 Å². The molecule has 1 atom stereocenters. The van der Waals surface area contributed by atoms with Crippen LogP contribution in [0.4, 0.5) is 18.0 Å². The number of carbonyl (C=O) groups is 1. The summed E-state index contributed by atoms with van der Waals surface area (Å²) in [7, 11) is 0. The van der Waals surface area contributed by atoms with Crippen LogP contribution in [-0.4, -0.2) is 30.1 Å². The highest BCUT2D eigenvalue weighted by Gasteiger charge is 2.33. The van der Waals surface area contributed by atoms with E-state index in [0.717, 1.165) is 11.0 Å². The van der Waals surface area contributed by atoms with Gasteiger partial charge in [0.15, 0.2) is 0 Å². The fraction of sp³-hybridized carbons (Fsp3) is 0.462. The molecule has 20 heavy (non-hydrogen) atoms. The molecule has 0 saturated carbocycles. The second-order valence-corrected chi connectivity index (χ2v) is 4.73. The minimum atomic E-state index is -4.38. The minimum absolute atomic E-state index is 0.0568. The summed E-state index contributed by atoms with van der Waals surface area (Å²) in [5.41, 5.74) is -0.505. The number of nitrogens with one attached hydrogen (secondary N) is 1. The highest BCUT2D eigenvalue weighted by Crippen LogP contribution is 2.31. The van der Waals surface area contributed by atoms with E-state index in [2.05, 4.69) is 5.32 Å². The first kappa shape index (κ1) is 14.6. The van der Waals surface area contributed by atoms with Crippen molar-refractivity contribution in [1.82, 2.24) is 10.2 Å². The van der Waals surface area contributed by atoms with E-state index in [9.17, 15) is 23.1 Å². The summed E-state index contributed by atoms with van der Waals surface area (Å²) in [6, 6.07) is 5.21. The largest absolute Gasteiger partial charge is 0.530 e. The van der Waals surface area contributed by atoms with E-state index in [-0.39, 0.29) is 24.7 Å². The van der Waals surface area contributed by atoms with Gasteiger partial charge in [-0.1, -0.05) is 18.2 Å². The molecule has 1 heterocycles. The first-order chi connectivity index (χ1) is 9.38. The van der Waals surface area contributed by atoms with Crippen LogP contribution in [0.3, 0.4) is 0 Å². The van der Waals surface area contributed by atoms with Crippen LogP contribution >= 0.6 is 0 Å². The molecule has 0 spiro atoms. The molecule has 4 nitrogen and oxygen atoms in total. The number of hydrogen-bond donors (Lipinski definition) is 1. The Morgan fingerprint density at radius 2 is 2.10 bits per heavy atom. The number of alkyl halides is 3. The molecule has 0 bridgehead atoms. The Hall–Kier alpha value is -1.76. The Bertz CT molecular complexity index is 491. The van der Waals surface area contributed by atoms with Crippen LogP contribution in [0.1, 0.15) is 17.5 Å². The monoisotopic (exact) mass is 287 g/mol. The molecule has 1 N–H and O–H groups in total. The molecule has 1 aromatic rings. The lowest BCUT2D eigenvalue weighted by Gasteiger charge is -2.19. The molecule has 7 heteroatoms. The van der Waals surface area contributed by atoms with Crippen molar-refractivity contribution in [3.05, 3.63) is 35.4 Å². The lowest BCUT2D eigenvalue weighted by molar-refractivity contribution is -0.264. The molecule has 0 aromatic heterocycles. The molecule has 2 rings (SSSR count). The van der Waals surface area contributed by atoms with E-state index >= 15 is 0 Å². The average molecular weight is 287 g/mol. The van der Waals surface area contributed by atoms with Gasteiger partial charge in [0, 0.05) is 25.7 Å². The number of rotatable bonds is 3. The van der Waals surface area contributed by atoms with Gasteiger partial charge in [0.05, 0.1) is 5.56 Å². The van der Waals surface area contributed by atoms with E-state index in [1.54, 1.807) is 6.07 Å². The van der Waals surface area contributed by atoms with Crippen molar-refractivity contribution in [2.45, 2.75) is 25.2 Å². The number of carbonyl (C=O) groups excluding carboxylic acids is 1. The van der Waals surface area contributed by atoms with Gasteiger partial charge in [-0.2, -0.15) is 13.2 Å². The molecule has 1 aliphatic heterocycles. The van der Waals surface area contributed by atoms with Crippen molar-refractivity contribution in [2.75, 3.05) is 13.1 Å². The first-order valence-corrected chi connectivity index (χ1v) is 6.22. The maximum atomic E-state index is 12.8. The fourth-order valence-electron chi connectivity index (χ4n) is 2.30. The normalized spacial score (nSPS) is 19.4. The fourth-order valence-corrected chi connectivity index (χ4v) is 2.30. The van der Waals surface area contributed by atoms with Gasteiger partial charge in [-0.05, 0) is 18.1 Å². The molecular formula is C13H14F3N2O2-. The van der Waals surface area contributed by atoms with Crippen LogP contribution < -0.4 is 10.4 Å². The van der Waals surface area contributed by atoms with Crippen molar-refractivity contribution in [3.8, 4) is 0 Å². The summed E-state index contributed by atoms with van der Waals surface area (Å²) in [6.07, 6.45) is -5.06. The second-order valence-electron chi connectivity index (χ2n) is 4.73. The Labute approximate surface area is 114 Å². The summed E-state index contributed by atoms with van der Waals surface area (Å²) >= 11 is 0. The van der Waals surface area contributed by atoms with Gasteiger partial charge in [-0.15, -0.1) is 0 Å². The first-order valence-electron chi connectivity index (χ1n) is 6.22. The van der Waals surface area contributed by atoms with Gasteiger partial charge in [-0.3, -0.25) is 0 Å². The highest BCUT2D eigenvalue weighted by molar-refractivity contribution is 5.62. The van der Waals surface area contributed by atoms with Crippen molar-refractivity contribution in [3.63, 3.8) is 0 Å². The SMILES string of the molecule is O=C([O-])N1CC[C@@H](NCc2ccccc2C(F)(F)F)C1. The lowest BCUT2D eigenvalue weighted by atomic mass is 10.1. The van der Waals surface area contributed by atoms with Gasteiger partial charge in [0.1, 0.15) is 6.09 Å². The van der Waals surface area contributed by atoms with E-state index in [1.807, 2.05) is 0 Å². The van der Waals surface area contributed by atoms with Crippen LogP contribution in [0.25, 0.3) is 0 Å². The van der Waals surface area contributed by atoms with Crippen LogP contribution in [-0.2, 0) is 12.7 Å². The molecular weight excluding hydrogens is 273 g/mol. The van der Waals surface area contributed by atoms with Gasteiger partial charge < -0.3 is 20.1 Å². The number of benzene rings is 1. The lowest BCUT2D eigenvalue weighted by Crippen LogP contribution is -2.41. The van der Waals surface area contributed by atoms with E-state index in [1.165, 1.54) is 12.1 Å². The molecule has 1 aliphatic rings. The third kappa shape index (κ3) is 3.41. The molecule has 1 saturated heterocycles. The number of likely N-dealkylation sites (tertiary alicyclic amines) is 1. The van der Waals surface area contributed by atoms with Crippen molar-refractivity contribution in [2.24, 2.45) is 0 Å². The van der Waals surface area contributed by atoms with Gasteiger partial charge in [0.2, 0.25) is 0 Å². The summed E-state index contributed by atoms with van der Waals surface area (Å²) in [5, 5.41) is 13.6. The molecule has 1 amide bonds. The average Bonchev–Trinajstić information content (AvgIpc) is 2.84. The zero-order valence-electron chi connectivity index (χ0n) is 10.6. The van der Waals surface area contributed by atoms with Crippen LogP contribution in [0, 0.1) is 0 Å². The summed E-state index contributed by atoms with van der Waals surface area (Å²) in [4.78, 5) is 11.8. The number of nitrogens with zero attached hydrogens (tertiary/aromatic N) is 1. The standard InChI is InChI=1S/C13H15F3N2O2/c14-13(15,16)11-4-2-1-3-9(11)7-17-10-5-6-18(8-10)12(19)20/h1-4,10,17H,5-8H2,(H,19,20)/p-1/t10-/m1/s1. The van der Waals surface area contributed by atoms with Gasteiger partial charge in [-0.25, -0.2) is 0 Å². The Morgan fingerprint density at radius 3 is 2.70 bits per heavy atom. The summed E-state index contributed by atoms with van der Waals surface area (Å²) in [5.74, 6) is 0. The molecule has 1 fully saturated rings. The van der Waals surface area contributed by atoms with Crippen molar-refractivity contribution >= 4 is 6.09 Å². The summed E-state index contributed by atoms with van der Waals surface area (Å²) in [6.45, 7) is 0.651. The maximum absolute atomic E-state index is 12.8. The number of carboxylic acid groups (broad SMARTS) is 1. The zero-order chi connectivity index (χ0) is 14.8. The van der Waals surface area contributed by atoms with Crippen molar-refractivity contribution < 1.29 is 23.1 Å². The number of halogens is 3. The predicted molar refractivity (Wildman–Crippen MR) is 63.7 cm³/mol. The second kappa shape index (κ2) is 5.70. The quantitative estimate of drug-likeness (QED) is 0.909. The van der Waals surface area contributed by atoms with E-state index < -0.39 is 17.8 Å². The van der Waals surface area contributed by atoms with Crippen LogP contribution in [0.2, 0.25) is 0 Å². The predicted octanol–water partition coefficient (Wildman–Crippen LogP) is 1.21. The van der Waals surface area contributed by atoms with E-state index in [0.29, 0.717) is 13.0 Å². The molecule has 110 valence electrons. The third-order valence-electron chi connectivity index (χ3n) is 3.35. The topological polar surface area (TPSA) is 55.4 Å². The highest BCUT2D eigenvalue weighted by atomic mass is 19.4. The number of amides is 1. The molecule has 0 aliphatic carbocycles. The Balaban J connectivity index is 1.97. The third-order valence-corrected chi connectivity index (χ3v) is 3.35. The van der Waals surface area contributed by atoms with Crippen LogP contribution in [0.5, 0.6) is 0 Å². The molecule has 1 aromatic carbocycles. The summed E-state index contributed by atoms with van der Waals surface area (Å²) < 4.78 is 38.4.